The minimum absolute atomic E-state index is 0.574. The molecule has 0 aromatic heterocycles. The van der Waals surface area contributed by atoms with Crippen LogP contribution in [0.25, 0.3) is 0 Å². The number of aryl methyl sites for hydroxylation is 1. The first kappa shape index (κ1) is 20.0. The molecule has 1 heteroatoms. The number of hydrogen-bond donors (Lipinski definition) is 0. The van der Waals surface area contributed by atoms with Crippen molar-refractivity contribution in [2.24, 2.45) is 5.92 Å². The Kier molecular flexibility index (Phi) is 7.38. The molecule has 0 heterocycles. The van der Waals surface area contributed by atoms with Crippen LogP contribution >= 0.6 is 0 Å². The van der Waals surface area contributed by atoms with Gasteiger partial charge in [0, 0.05) is 0 Å². The third-order valence-corrected chi connectivity index (χ3v) is 6.55. The fourth-order valence-corrected chi connectivity index (χ4v) is 4.63. The Morgan fingerprint density at radius 3 is 2.19 bits per heavy atom. The van der Waals surface area contributed by atoms with E-state index in [1.807, 2.05) is 0 Å². The van der Waals surface area contributed by atoms with E-state index in [1.54, 1.807) is 12.7 Å². The van der Waals surface area contributed by atoms with Gasteiger partial charge in [-0.15, -0.1) is 0 Å². The minimum atomic E-state index is 0.574. The third kappa shape index (κ3) is 5.61. The number of methoxy groups -OCH3 is 1. The molecule has 0 spiro atoms. The quantitative estimate of drug-likeness (QED) is 0.471. The second kappa shape index (κ2) is 9.97. The molecular weight excluding hydrogens is 328 g/mol. The highest BCUT2D eigenvalue weighted by molar-refractivity contribution is 5.30. The molecule has 0 radical (unpaired) electrons. The van der Waals surface area contributed by atoms with Gasteiger partial charge >= 0.3 is 0 Å². The fraction of sp³-hybridized carbons (Fsp3) is 0.538. The second-order valence-corrected chi connectivity index (χ2v) is 8.46. The zero-order valence-corrected chi connectivity index (χ0v) is 17.4. The van der Waals surface area contributed by atoms with Crippen molar-refractivity contribution in [2.75, 3.05) is 7.11 Å². The van der Waals surface area contributed by atoms with E-state index >= 15 is 0 Å². The maximum absolute atomic E-state index is 5.26. The van der Waals surface area contributed by atoms with Gasteiger partial charge in [0.1, 0.15) is 5.75 Å². The Labute approximate surface area is 166 Å². The van der Waals surface area contributed by atoms with Crippen molar-refractivity contribution >= 4 is 0 Å². The van der Waals surface area contributed by atoms with Crippen molar-refractivity contribution in [1.29, 1.82) is 0 Å². The van der Waals surface area contributed by atoms with Crippen LogP contribution in [0.5, 0.6) is 5.75 Å². The molecule has 1 aliphatic rings. The molecule has 3 rings (SSSR count). The van der Waals surface area contributed by atoms with Gasteiger partial charge in [-0.05, 0) is 85.1 Å². The van der Waals surface area contributed by atoms with Gasteiger partial charge in [0.25, 0.3) is 0 Å². The lowest BCUT2D eigenvalue weighted by Gasteiger charge is -2.28. The zero-order chi connectivity index (χ0) is 19.1. The van der Waals surface area contributed by atoms with E-state index in [0.717, 1.165) is 24.0 Å². The first-order valence-corrected chi connectivity index (χ1v) is 10.9. The first-order valence-electron chi connectivity index (χ1n) is 10.9. The Bertz CT molecular complexity index is 662. The highest BCUT2D eigenvalue weighted by Crippen LogP contribution is 2.37. The molecule has 1 aliphatic carbocycles. The molecule has 1 atom stereocenters. The molecule has 0 N–H and O–H groups in total. The highest BCUT2D eigenvalue weighted by Gasteiger charge is 2.21. The average molecular weight is 365 g/mol. The van der Waals surface area contributed by atoms with E-state index < -0.39 is 0 Å². The minimum Gasteiger partial charge on any atom is -0.497 e. The van der Waals surface area contributed by atoms with Crippen LogP contribution < -0.4 is 4.74 Å². The first-order chi connectivity index (χ1) is 13.2. The van der Waals surface area contributed by atoms with Gasteiger partial charge in [-0.2, -0.15) is 0 Å². The van der Waals surface area contributed by atoms with Crippen molar-refractivity contribution in [3.63, 3.8) is 0 Å². The van der Waals surface area contributed by atoms with Gasteiger partial charge in [-0.25, -0.2) is 0 Å². The predicted molar refractivity (Wildman–Crippen MR) is 116 cm³/mol. The molecular formula is C26H36O. The monoisotopic (exact) mass is 364 g/mol. The van der Waals surface area contributed by atoms with Gasteiger partial charge in [0.2, 0.25) is 0 Å². The van der Waals surface area contributed by atoms with Gasteiger partial charge in [0.05, 0.1) is 7.11 Å². The van der Waals surface area contributed by atoms with Crippen LogP contribution in [0.15, 0.2) is 48.5 Å². The van der Waals surface area contributed by atoms with E-state index in [2.05, 4.69) is 62.4 Å². The normalized spacial score (nSPS) is 21.0. The average Bonchev–Trinajstić information content (AvgIpc) is 2.73. The van der Waals surface area contributed by atoms with Crippen LogP contribution in [-0.4, -0.2) is 7.11 Å². The van der Waals surface area contributed by atoms with Crippen LogP contribution in [-0.2, 0) is 6.42 Å². The van der Waals surface area contributed by atoms with Crippen LogP contribution in [0.1, 0.15) is 87.3 Å². The number of hydrogen-bond acceptors (Lipinski definition) is 1. The smallest absolute Gasteiger partial charge is 0.118 e. The summed E-state index contributed by atoms with van der Waals surface area (Å²) in [5.41, 5.74) is 4.44. The summed E-state index contributed by atoms with van der Waals surface area (Å²) in [4.78, 5) is 0. The molecule has 0 amide bonds. The summed E-state index contributed by atoms with van der Waals surface area (Å²) >= 11 is 0. The lowest BCUT2D eigenvalue weighted by atomic mass is 9.77. The van der Waals surface area contributed by atoms with Gasteiger partial charge < -0.3 is 4.74 Å². The number of rotatable bonds is 8. The van der Waals surface area contributed by atoms with Crippen molar-refractivity contribution in [3.8, 4) is 5.75 Å². The van der Waals surface area contributed by atoms with Gasteiger partial charge in [0.15, 0.2) is 0 Å². The zero-order valence-electron chi connectivity index (χ0n) is 17.4. The summed E-state index contributed by atoms with van der Waals surface area (Å²) in [5, 5.41) is 0. The maximum Gasteiger partial charge on any atom is 0.118 e. The van der Waals surface area contributed by atoms with Crippen molar-refractivity contribution in [2.45, 2.75) is 77.0 Å². The lowest BCUT2D eigenvalue weighted by Crippen LogP contribution is -2.13. The third-order valence-electron chi connectivity index (χ3n) is 6.55. The Morgan fingerprint density at radius 1 is 0.926 bits per heavy atom. The molecule has 1 saturated carbocycles. The highest BCUT2D eigenvalue weighted by atomic mass is 16.5. The summed E-state index contributed by atoms with van der Waals surface area (Å²) in [6.45, 7) is 4.64. The summed E-state index contributed by atoms with van der Waals surface area (Å²) < 4.78 is 5.26. The van der Waals surface area contributed by atoms with E-state index in [9.17, 15) is 0 Å². The molecule has 0 bridgehead atoms. The van der Waals surface area contributed by atoms with E-state index in [0.29, 0.717) is 5.92 Å². The molecule has 1 nitrogen and oxygen atoms in total. The second-order valence-electron chi connectivity index (χ2n) is 8.46. The predicted octanol–water partition coefficient (Wildman–Crippen LogP) is 7.51. The van der Waals surface area contributed by atoms with Crippen LogP contribution in [0.3, 0.4) is 0 Å². The van der Waals surface area contributed by atoms with Crippen molar-refractivity contribution < 1.29 is 4.74 Å². The van der Waals surface area contributed by atoms with Crippen molar-refractivity contribution in [3.05, 3.63) is 65.2 Å². The lowest BCUT2D eigenvalue weighted by molar-refractivity contribution is 0.308. The summed E-state index contributed by atoms with van der Waals surface area (Å²) in [6.07, 6.45) is 10.7. The van der Waals surface area contributed by atoms with Crippen LogP contribution in [0.2, 0.25) is 0 Å². The van der Waals surface area contributed by atoms with E-state index in [4.69, 9.17) is 4.74 Å². The maximum atomic E-state index is 5.26. The summed E-state index contributed by atoms with van der Waals surface area (Å²) in [7, 11) is 1.72. The summed E-state index contributed by atoms with van der Waals surface area (Å²) in [5.74, 6) is 3.30. The molecule has 2 aromatic rings. The van der Waals surface area contributed by atoms with Crippen LogP contribution in [0.4, 0.5) is 0 Å². The molecule has 1 fully saturated rings. The number of ether oxygens (including phenoxy) is 1. The van der Waals surface area contributed by atoms with Crippen LogP contribution in [0, 0.1) is 5.92 Å². The molecule has 2 aromatic carbocycles. The Hall–Kier alpha value is -1.76. The molecule has 27 heavy (non-hydrogen) atoms. The molecule has 146 valence electrons. The molecule has 0 saturated heterocycles. The largest absolute Gasteiger partial charge is 0.497 e. The molecule has 0 unspecified atom stereocenters. The van der Waals surface area contributed by atoms with E-state index in [1.165, 1.54) is 56.1 Å². The molecule has 0 aliphatic heterocycles. The van der Waals surface area contributed by atoms with E-state index in [-0.39, 0.29) is 0 Å². The van der Waals surface area contributed by atoms with Gasteiger partial charge in [-0.3, -0.25) is 0 Å². The topological polar surface area (TPSA) is 9.23 Å². The standard InChI is InChI=1S/C26H36O/c1-4-5-21-8-12-24(13-9-21)25-14-10-22(11-15-25)7-6-20(2)23-16-18-26(27-3)19-17-23/h10-11,14-21,24H,4-9,12-13H2,1-3H3/t20-,21?,24?/m1/s1. The Balaban J connectivity index is 1.49. The fourth-order valence-electron chi connectivity index (χ4n) is 4.63. The Morgan fingerprint density at radius 2 is 1.59 bits per heavy atom. The van der Waals surface area contributed by atoms with Gasteiger partial charge in [-0.1, -0.05) is 63.1 Å². The SMILES string of the molecule is CCCC1CCC(c2ccc(CC[C@@H](C)c3ccc(OC)cc3)cc2)CC1. The number of benzene rings is 2. The summed E-state index contributed by atoms with van der Waals surface area (Å²) in [6, 6.07) is 18.1. The van der Waals surface area contributed by atoms with Crippen molar-refractivity contribution in [1.82, 2.24) is 0 Å².